The summed E-state index contributed by atoms with van der Waals surface area (Å²) in [5, 5.41) is 12.6. The maximum absolute atomic E-state index is 12.1. The molecule has 0 heterocycles. The third-order valence-electron chi connectivity index (χ3n) is 4.01. The molecule has 0 bridgehead atoms. The number of aliphatic carboxylic acids is 1. The number of esters is 3. The minimum Gasteiger partial charge on any atom is -0.477 e. The molecule has 1 aromatic rings. The summed E-state index contributed by atoms with van der Waals surface area (Å²) in [7, 11) is 0. The van der Waals surface area contributed by atoms with Crippen LogP contribution in [0.3, 0.4) is 0 Å². The number of benzene rings is 1. The van der Waals surface area contributed by atoms with Crippen molar-refractivity contribution in [2.45, 2.75) is 66.7 Å². The van der Waals surface area contributed by atoms with Gasteiger partial charge in [0.25, 0.3) is 5.72 Å². The Bertz CT molecular complexity index is 831. The molecule has 0 saturated carbocycles. The Morgan fingerprint density at radius 2 is 1.45 bits per heavy atom. The SMILES string of the molecule is CC(=O)O[C@](Cc1ccc(OC(=O)C(C)C)c(OC(=O)C(C)C)c1)(NC(C)C)C(=O)O. The van der Waals surface area contributed by atoms with Gasteiger partial charge in [-0.2, -0.15) is 0 Å². The highest BCUT2D eigenvalue weighted by Gasteiger charge is 2.43. The second-order valence-electron chi connectivity index (χ2n) is 8.13. The van der Waals surface area contributed by atoms with Crippen molar-refractivity contribution in [2.75, 3.05) is 0 Å². The van der Waals surface area contributed by atoms with Gasteiger partial charge in [0, 0.05) is 19.4 Å². The molecule has 0 aliphatic carbocycles. The number of carboxylic acids is 1. The van der Waals surface area contributed by atoms with Crippen molar-refractivity contribution in [1.82, 2.24) is 5.32 Å². The van der Waals surface area contributed by atoms with Crippen LogP contribution in [0.2, 0.25) is 0 Å². The molecule has 9 nitrogen and oxygen atoms in total. The molecule has 0 aliphatic rings. The number of hydrogen-bond donors (Lipinski definition) is 2. The maximum atomic E-state index is 12.1. The van der Waals surface area contributed by atoms with Crippen molar-refractivity contribution in [3.8, 4) is 11.5 Å². The van der Waals surface area contributed by atoms with Crippen LogP contribution in [0.15, 0.2) is 18.2 Å². The molecule has 2 N–H and O–H groups in total. The van der Waals surface area contributed by atoms with E-state index in [1.807, 2.05) is 0 Å². The third-order valence-corrected chi connectivity index (χ3v) is 4.01. The van der Waals surface area contributed by atoms with Gasteiger partial charge < -0.3 is 19.3 Å². The molecule has 0 spiro atoms. The standard InChI is InChI=1S/C22H31NO8/c1-12(2)19(25)29-17-9-8-16(10-18(17)30-20(26)13(3)4)11-22(21(27)28,23-14(5)6)31-15(7)24/h8-10,12-14,23H,11H2,1-7H3,(H,27,28)/t22-/m0/s1. The van der Waals surface area contributed by atoms with E-state index in [2.05, 4.69) is 5.32 Å². The summed E-state index contributed by atoms with van der Waals surface area (Å²) < 4.78 is 15.8. The van der Waals surface area contributed by atoms with Crippen LogP contribution in [0.1, 0.15) is 54.0 Å². The quantitative estimate of drug-likeness (QED) is 0.322. The molecule has 0 amide bonds. The first-order valence-corrected chi connectivity index (χ1v) is 10.0. The van der Waals surface area contributed by atoms with Crippen molar-refractivity contribution >= 4 is 23.9 Å². The van der Waals surface area contributed by atoms with Gasteiger partial charge in [-0.3, -0.25) is 19.7 Å². The van der Waals surface area contributed by atoms with Crippen molar-refractivity contribution < 1.29 is 38.5 Å². The zero-order chi connectivity index (χ0) is 23.9. The van der Waals surface area contributed by atoms with Crippen LogP contribution in [0, 0.1) is 11.8 Å². The zero-order valence-electron chi connectivity index (χ0n) is 19.0. The summed E-state index contributed by atoms with van der Waals surface area (Å²) >= 11 is 0. The number of ether oxygens (including phenoxy) is 3. The molecule has 172 valence electrons. The Balaban J connectivity index is 3.42. The van der Waals surface area contributed by atoms with Gasteiger partial charge in [-0.05, 0) is 31.5 Å². The van der Waals surface area contributed by atoms with Crippen LogP contribution in [0.25, 0.3) is 0 Å². The molecule has 0 fully saturated rings. The van der Waals surface area contributed by atoms with E-state index in [0.717, 1.165) is 6.92 Å². The van der Waals surface area contributed by atoms with Crippen LogP contribution >= 0.6 is 0 Å². The minimum atomic E-state index is -2.03. The molecule has 9 heteroatoms. The Morgan fingerprint density at radius 1 is 0.935 bits per heavy atom. The summed E-state index contributed by atoms with van der Waals surface area (Å²) in [6.07, 6.45) is -0.259. The lowest BCUT2D eigenvalue weighted by atomic mass is 10.0. The maximum Gasteiger partial charge on any atom is 0.364 e. The number of rotatable bonds is 10. The largest absolute Gasteiger partial charge is 0.477 e. The van der Waals surface area contributed by atoms with E-state index in [1.54, 1.807) is 41.5 Å². The van der Waals surface area contributed by atoms with Crippen molar-refractivity contribution in [2.24, 2.45) is 11.8 Å². The van der Waals surface area contributed by atoms with E-state index in [-0.39, 0.29) is 24.0 Å². The number of hydrogen-bond acceptors (Lipinski definition) is 8. The fraction of sp³-hybridized carbons (Fsp3) is 0.545. The Labute approximate surface area is 182 Å². The summed E-state index contributed by atoms with van der Waals surface area (Å²) in [5.41, 5.74) is -1.65. The molecule has 0 unspecified atom stereocenters. The van der Waals surface area contributed by atoms with Crippen LogP contribution in [-0.4, -0.2) is 40.8 Å². The van der Waals surface area contributed by atoms with E-state index in [0.29, 0.717) is 5.56 Å². The van der Waals surface area contributed by atoms with Gasteiger partial charge in [0.15, 0.2) is 11.5 Å². The molecule has 1 atom stereocenters. The molecular weight excluding hydrogens is 406 g/mol. The number of carbonyl (C=O) groups excluding carboxylic acids is 3. The average molecular weight is 437 g/mol. The average Bonchev–Trinajstić information content (AvgIpc) is 2.62. The lowest BCUT2D eigenvalue weighted by Crippen LogP contribution is -2.59. The molecule has 1 rings (SSSR count). The predicted octanol–water partition coefficient (Wildman–Crippen LogP) is 2.69. The van der Waals surface area contributed by atoms with Crippen molar-refractivity contribution in [1.29, 1.82) is 0 Å². The lowest BCUT2D eigenvalue weighted by molar-refractivity contribution is -0.182. The highest BCUT2D eigenvalue weighted by atomic mass is 16.6. The summed E-state index contributed by atoms with van der Waals surface area (Å²) in [6.45, 7) is 11.2. The summed E-state index contributed by atoms with van der Waals surface area (Å²) in [4.78, 5) is 47.8. The van der Waals surface area contributed by atoms with Gasteiger partial charge in [-0.25, -0.2) is 4.79 Å². The molecule has 0 radical (unpaired) electrons. The number of carboxylic acid groups (broad SMARTS) is 1. The van der Waals surface area contributed by atoms with Crippen LogP contribution in [-0.2, 0) is 30.3 Å². The van der Waals surface area contributed by atoms with Crippen LogP contribution in [0.5, 0.6) is 11.5 Å². The predicted molar refractivity (Wildman–Crippen MR) is 111 cm³/mol. The fourth-order valence-electron chi connectivity index (χ4n) is 2.58. The Morgan fingerprint density at radius 3 is 1.87 bits per heavy atom. The van der Waals surface area contributed by atoms with Gasteiger partial charge in [0.2, 0.25) is 0 Å². The fourth-order valence-corrected chi connectivity index (χ4v) is 2.58. The van der Waals surface area contributed by atoms with E-state index in [1.165, 1.54) is 18.2 Å². The van der Waals surface area contributed by atoms with Crippen LogP contribution < -0.4 is 14.8 Å². The Kier molecular flexibility index (Phi) is 9.18. The van der Waals surface area contributed by atoms with Gasteiger partial charge in [0.1, 0.15) is 0 Å². The summed E-state index contributed by atoms with van der Waals surface area (Å²) in [6, 6.07) is 4.00. The monoisotopic (exact) mass is 437 g/mol. The van der Waals surface area contributed by atoms with Gasteiger partial charge >= 0.3 is 23.9 Å². The molecule has 0 aromatic heterocycles. The van der Waals surface area contributed by atoms with E-state index in [4.69, 9.17) is 14.2 Å². The van der Waals surface area contributed by atoms with E-state index < -0.39 is 41.4 Å². The van der Waals surface area contributed by atoms with Crippen molar-refractivity contribution in [3.63, 3.8) is 0 Å². The van der Waals surface area contributed by atoms with E-state index >= 15 is 0 Å². The summed E-state index contributed by atoms with van der Waals surface area (Å²) in [5.74, 6) is -4.08. The molecular formula is C22H31NO8. The highest BCUT2D eigenvalue weighted by molar-refractivity contribution is 5.82. The van der Waals surface area contributed by atoms with Gasteiger partial charge in [-0.15, -0.1) is 0 Å². The lowest BCUT2D eigenvalue weighted by Gasteiger charge is -2.32. The third kappa shape index (κ3) is 7.67. The first kappa shape index (κ1) is 26.1. The molecule has 0 aliphatic heterocycles. The normalized spacial score (nSPS) is 13.1. The molecule has 0 saturated heterocycles. The first-order valence-electron chi connectivity index (χ1n) is 10.0. The second kappa shape index (κ2) is 10.9. The molecule has 31 heavy (non-hydrogen) atoms. The van der Waals surface area contributed by atoms with E-state index in [9.17, 15) is 24.3 Å². The first-order chi connectivity index (χ1) is 14.3. The topological polar surface area (TPSA) is 128 Å². The van der Waals surface area contributed by atoms with Gasteiger partial charge in [-0.1, -0.05) is 33.8 Å². The minimum absolute atomic E-state index is 0.0293. The number of nitrogens with one attached hydrogen (secondary N) is 1. The van der Waals surface area contributed by atoms with Crippen LogP contribution in [0.4, 0.5) is 0 Å². The highest BCUT2D eigenvalue weighted by Crippen LogP contribution is 2.32. The molecule has 1 aromatic carbocycles. The number of carbonyl (C=O) groups is 4. The zero-order valence-corrected chi connectivity index (χ0v) is 19.0. The van der Waals surface area contributed by atoms with Gasteiger partial charge in [0.05, 0.1) is 11.8 Å². The Hall–Kier alpha value is -2.94. The smallest absolute Gasteiger partial charge is 0.364 e. The second-order valence-corrected chi connectivity index (χ2v) is 8.13. The van der Waals surface area contributed by atoms with Crippen molar-refractivity contribution in [3.05, 3.63) is 23.8 Å².